The Balaban J connectivity index is 1.58. The van der Waals surface area contributed by atoms with Gasteiger partial charge in [-0.05, 0) is 25.3 Å². The van der Waals surface area contributed by atoms with Crippen molar-refractivity contribution in [1.82, 2.24) is 15.6 Å². The fourth-order valence-corrected chi connectivity index (χ4v) is 3.30. The second kappa shape index (κ2) is 8.80. The Hall–Kier alpha value is -1.92. The van der Waals surface area contributed by atoms with E-state index >= 15 is 0 Å². The summed E-state index contributed by atoms with van der Waals surface area (Å²) < 4.78 is 5.68. The SMILES string of the molecule is Cc1csc(CNC(=NCc2ccccc2)NCC2CCCO2)n1. The van der Waals surface area contributed by atoms with Gasteiger partial charge < -0.3 is 15.4 Å². The number of rotatable bonds is 6. The first-order valence-electron chi connectivity index (χ1n) is 8.38. The Kier molecular flexibility index (Phi) is 6.20. The molecule has 128 valence electrons. The molecule has 1 aromatic heterocycles. The molecule has 0 saturated carbocycles. The summed E-state index contributed by atoms with van der Waals surface area (Å²) in [6.07, 6.45) is 2.55. The quantitative estimate of drug-likeness (QED) is 0.625. The second-order valence-corrected chi connectivity index (χ2v) is 6.85. The fourth-order valence-electron chi connectivity index (χ4n) is 2.59. The monoisotopic (exact) mass is 344 g/mol. The van der Waals surface area contributed by atoms with Crippen molar-refractivity contribution in [2.75, 3.05) is 13.2 Å². The van der Waals surface area contributed by atoms with Crippen LogP contribution >= 0.6 is 11.3 Å². The average molecular weight is 344 g/mol. The summed E-state index contributed by atoms with van der Waals surface area (Å²) in [5.41, 5.74) is 2.26. The van der Waals surface area contributed by atoms with Crippen molar-refractivity contribution in [2.24, 2.45) is 4.99 Å². The Morgan fingerprint density at radius 2 is 2.21 bits per heavy atom. The van der Waals surface area contributed by atoms with Crippen LogP contribution in [0.2, 0.25) is 0 Å². The third-order valence-electron chi connectivity index (χ3n) is 3.86. The van der Waals surface area contributed by atoms with Gasteiger partial charge in [0.1, 0.15) is 5.01 Å². The lowest BCUT2D eigenvalue weighted by atomic mass is 10.2. The number of hydrogen-bond acceptors (Lipinski definition) is 4. The molecule has 1 aliphatic heterocycles. The van der Waals surface area contributed by atoms with Crippen molar-refractivity contribution in [2.45, 2.75) is 39.0 Å². The third kappa shape index (κ3) is 5.32. The van der Waals surface area contributed by atoms with Gasteiger partial charge >= 0.3 is 0 Å². The maximum absolute atomic E-state index is 5.68. The smallest absolute Gasteiger partial charge is 0.192 e. The maximum atomic E-state index is 5.68. The lowest BCUT2D eigenvalue weighted by Gasteiger charge is -2.15. The van der Waals surface area contributed by atoms with Gasteiger partial charge in [-0.2, -0.15) is 0 Å². The first kappa shape index (κ1) is 16.9. The molecule has 2 N–H and O–H groups in total. The molecule has 1 unspecified atom stereocenters. The van der Waals surface area contributed by atoms with Crippen LogP contribution in [0.4, 0.5) is 0 Å². The molecule has 1 atom stereocenters. The summed E-state index contributed by atoms with van der Waals surface area (Å²) >= 11 is 1.67. The highest BCUT2D eigenvalue weighted by Crippen LogP contribution is 2.11. The largest absolute Gasteiger partial charge is 0.376 e. The van der Waals surface area contributed by atoms with E-state index in [-0.39, 0.29) is 6.10 Å². The predicted octanol–water partition coefficient (Wildman–Crippen LogP) is 2.87. The number of thiazole rings is 1. The minimum Gasteiger partial charge on any atom is -0.376 e. The molecule has 1 aliphatic rings. The van der Waals surface area contributed by atoms with E-state index in [2.05, 4.69) is 33.1 Å². The van der Waals surface area contributed by atoms with Crippen LogP contribution in [0.25, 0.3) is 0 Å². The zero-order valence-corrected chi connectivity index (χ0v) is 14.8. The summed E-state index contributed by atoms with van der Waals surface area (Å²) in [6, 6.07) is 10.3. The van der Waals surface area contributed by atoms with Crippen LogP contribution in [0.1, 0.15) is 29.1 Å². The van der Waals surface area contributed by atoms with Gasteiger partial charge in [-0.3, -0.25) is 0 Å². The molecular formula is C18H24N4OS. The summed E-state index contributed by atoms with van der Waals surface area (Å²) in [5, 5.41) is 9.91. The molecule has 24 heavy (non-hydrogen) atoms. The maximum Gasteiger partial charge on any atom is 0.192 e. The van der Waals surface area contributed by atoms with Crippen molar-refractivity contribution in [3.05, 3.63) is 52.0 Å². The van der Waals surface area contributed by atoms with E-state index in [0.717, 1.165) is 42.7 Å². The number of aliphatic imine (C=N–C) groups is 1. The molecule has 0 amide bonds. The molecule has 6 heteroatoms. The van der Waals surface area contributed by atoms with Gasteiger partial charge in [0, 0.05) is 24.2 Å². The normalized spacial score (nSPS) is 17.9. The highest BCUT2D eigenvalue weighted by Gasteiger charge is 2.15. The van der Waals surface area contributed by atoms with E-state index in [1.807, 2.05) is 25.1 Å². The van der Waals surface area contributed by atoms with Crippen LogP contribution in [0.5, 0.6) is 0 Å². The van der Waals surface area contributed by atoms with E-state index in [9.17, 15) is 0 Å². The Labute approximate surface area is 147 Å². The van der Waals surface area contributed by atoms with Crippen LogP contribution in [-0.2, 0) is 17.8 Å². The number of aromatic nitrogens is 1. The molecule has 1 saturated heterocycles. The standard InChI is InChI=1S/C18H24N4OS/c1-14-13-24-17(22-14)12-21-18(20-11-16-8-5-9-23-16)19-10-15-6-3-2-4-7-15/h2-4,6-7,13,16H,5,8-12H2,1H3,(H2,19,20,21). The van der Waals surface area contributed by atoms with E-state index in [1.165, 1.54) is 5.56 Å². The molecule has 5 nitrogen and oxygen atoms in total. The van der Waals surface area contributed by atoms with Crippen molar-refractivity contribution in [3.8, 4) is 0 Å². The topological polar surface area (TPSA) is 58.5 Å². The predicted molar refractivity (Wildman–Crippen MR) is 98.2 cm³/mol. The Morgan fingerprint density at radius 3 is 2.92 bits per heavy atom. The lowest BCUT2D eigenvalue weighted by molar-refractivity contribution is 0.114. The highest BCUT2D eigenvalue weighted by atomic mass is 32.1. The second-order valence-electron chi connectivity index (χ2n) is 5.90. The summed E-state index contributed by atoms with van der Waals surface area (Å²) in [5.74, 6) is 0.808. The van der Waals surface area contributed by atoms with Crippen LogP contribution < -0.4 is 10.6 Å². The van der Waals surface area contributed by atoms with Crippen molar-refractivity contribution in [3.63, 3.8) is 0 Å². The van der Waals surface area contributed by atoms with Gasteiger partial charge in [-0.1, -0.05) is 30.3 Å². The number of nitrogens with zero attached hydrogens (tertiary/aromatic N) is 2. The molecule has 0 aliphatic carbocycles. The van der Waals surface area contributed by atoms with Crippen molar-refractivity contribution in [1.29, 1.82) is 0 Å². The molecule has 2 aromatic rings. The fraction of sp³-hybridized carbons (Fsp3) is 0.444. The van der Waals surface area contributed by atoms with Crippen LogP contribution in [0.3, 0.4) is 0 Å². The Morgan fingerprint density at radius 1 is 1.33 bits per heavy atom. The number of benzene rings is 1. The van der Waals surface area contributed by atoms with Gasteiger partial charge in [0.05, 0.1) is 19.2 Å². The van der Waals surface area contributed by atoms with Gasteiger partial charge in [-0.25, -0.2) is 9.98 Å². The molecule has 1 aromatic carbocycles. The third-order valence-corrected chi connectivity index (χ3v) is 4.82. The molecule has 0 radical (unpaired) electrons. The minimum absolute atomic E-state index is 0.288. The first-order valence-corrected chi connectivity index (χ1v) is 9.26. The molecule has 0 bridgehead atoms. The van der Waals surface area contributed by atoms with E-state index in [1.54, 1.807) is 11.3 Å². The average Bonchev–Trinajstić information content (AvgIpc) is 3.27. The molecule has 2 heterocycles. The van der Waals surface area contributed by atoms with E-state index < -0.39 is 0 Å². The van der Waals surface area contributed by atoms with Crippen molar-refractivity contribution < 1.29 is 4.74 Å². The van der Waals surface area contributed by atoms with E-state index in [0.29, 0.717) is 13.1 Å². The van der Waals surface area contributed by atoms with Crippen LogP contribution in [-0.4, -0.2) is 30.2 Å². The highest BCUT2D eigenvalue weighted by molar-refractivity contribution is 7.09. The number of guanidine groups is 1. The van der Waals surface area contributed by atoms with Crippen molar-refractivity contribution >= 4 is 17.3 Å². The molecular weight excluding hydrogens is 320 g/mol. The van der Waals surface area contributed by atoms with Gasteiger partial charge in [0.2, 0.25) is 0 Å². The number of ether oxygens (including phenoxy) is 1. The van der Waals surface area contributed by atoms with Crippen LogP contribution in [0, 0.1) is 6.92 Å². The van der Waals surface area contributed by atoms with E-state index in [4.69, 9.17) is 9.73 Å². The number of nitrogens with one attached hydrogen (secondary N) is 2. The minimum atomic E-state index is 0.288. The van der Waals surface area contributed by atoms with Crippen LogP contribution in [0.15, 0.2) is 40.7 Å². The molecule has 1 fully saturated rings. The molecule has 3 rings (SSSR count). The number of aryl methyl sites for hydroxylation is 1. The van der Waals surface area contributed by atoms with Gasteiger partial charge in [0.15, 0.2) is 5.96 Å². The molecule has 0 spiro atoms. The summed E-state index contributed by atoms with van der Waals surface area (Å²) in [6.45, 7) is 5.01. The first-order chi connectivity index (χ1) is 11.8. The Bertz CT molecular complexity index is 650. The van der Waals surface area contributed by atoms with Gasteiger partial charge in [0.25, 0.3) is 0 Å². The summed E-state index contributed by atoms with van der Waals surface area (Å²) in [4.78, 5) is 9.18. The van der Waals surface area contributed by atoms with Gasteiger partial charge in [-0.15, -0.1) is 11.3 Å². The zero-order chi connectivity index (χ0) is 16.6. The zero-order valence-electron chi connectivity index (χ0n) is 14.0. The summed E-state index contributed by atoms with van der Waals surface area (Å²) in [7, 11) is 0. The lowest BCUT2D eigenvalue weighted by Crippen LogP contribution is -2.40. The number of hydrogen-bond donors (Lipinski definition) is 2.